The third-order valence-corrected chi connectivity index (χ3v) is 5.01. The van der Waals surface area contributed by atoms with Crippen LogP contribution in [0.15, 0.2) is 22.9 Å². The lowest BCUT2D eigenvalue weighted by Crippen LogP contribution is -2.52. The van der Waals surface area contributed by atoms with Crippen LogP contribution in [0.1, 0.15) is 19.7 Å². The topological polar surface area (TPSA) is 75.4 Å². The van der Waals surface area contributed by atoms with Crippen molar-refractivity contribution in [1.29, 1.82) is 0 Å². The maximum absolute atomic E-state index is 12.5. The molecule has 7 nitrogen and oxygen atoms in total. The minimum Gasteiger partial charge on any atom is -0.353 e. The van der Waals surface area contributed by atoms with E-state index in [1.54, 1.807) is 13.1 Å². The Hall–Kier alpha value is -2.15. The highest BCUT2D eigenvalue weighted by molar-refractivity contribution is 6.19. The maximum Gasteiger partial charge on any atom is 0.229 e. The van der Waals surface area contributed by atoms with Crippen LogP contribution in [0.4, 0.5) is 5.82 Å². The monoisotopic (exact) mass is 363 g/mol. The van der Waals surface area contributed by atoms with Gasteiger partial charge in [0.2, 0.25) is 17.6 Å². The second kappa shape index (κ2) is 7.00. The molecule has 8 heteroatoms. The highest BCUT2D eigenvalue weighted by atomic mass is 35.5. The van der Waals surface area contributed by atoms with Gasteiger partial charge in [0.15, 0.2) is 0 Å². The van der Waals surface area contributed by atoms with Crippen LogP contribution in [0.2, 0.25) is 0 Å². The van der Waals surface area contributed by atoms with E-state index in [9.17, 15) is 4.79 Å². The van der Waals surface area contributed by atoms with E-state index in [4.69, 9.17) is 16.1 Å². The predicted molar refractivity (Wildman–Crippen MR) is 95.6 cm³/mol. The summed E-state index contributed by atoms with van der Waals surface area (Å²) in [4.78, 5) is 25.2. The Labute approximate surface area is 152 Å². The fraction of sp³-hybridized carbons (Fsp3) is 0.529. The number of hydrogen-bond donors (Lipinski definition) is 0. The first-order valence-corrected chi connectivity index (χ1v) is 8.81. The predicted octanol–water partition coefficient (Wildman–Crippen LogP) is 2.35. The van der Waals surface area contributed by atoms with E-state index in [1.165, 1.54) is 0 Å². The van der Waals surface area contributed by atoms with E-state index < -0.39 is 5.41 Å². The molecule has 3 rings (SSSR count). The fourth-order valence-corrected chi connectivity index (χ4v) is 2.86. The number of halogens is 1. The van der Waals surface area contributed by atoms with Crippen molar-refractivity contribution >= 4 is 23.3 Å². The molecule has 3 heterocycles. The summed E-state index contributed by atoms with van der Waals surface area (Å²) in [5.74, 6) is 2.38. The third-order valence-electron chi connectivity index (χ3n) is 4.34. The number of hydrogen-bond acceptors (Lipinski definition) is 6. The number of carbonyl (C=O) groups is 1. The van der Waals surface area contributed by atoms with E-state index in [0.717, 1.165) is 24.5 Å². The molecule has 0 aromatic carbocycles. The van der Waals surface area contributed by atoms with Crippen LogP contribution in [-0.4, -0.2) is 58.0 Å². The molecule has 0 unspecified atom stereocenters. The maximum atomic E-state index is 12.5. The van der Waals surface area contributed by atoms with Crippen molar-refractivity contribution in [2.24, 2.45) is 5.41 Å². The second-order valence-corrected chi connectivity index (χ2v) is 7.11. The van der Waals surface area contributed by atoms with Crippen LogP contribution >= 0.6 is 11.6 Å². The average molecular weight is 364 g/mol. The lowest BCUT2D eigenvalue weighted by atomic mass is 9.94. The average Bonchev–Trinajstić information content (AvgIpc) is 3.08. The van der Waals surface area contributed by atoms with Gasteiger partial charge in [-0.25, -0.2) is 4.98 Å². The minimum absolute atomic E-state index is 0.109. The number of pyridine rings is 1. The molecular weight excluding hydrogens is 342 g/mol. The standard InChI is InChI=1S/C17H22ClN5O2/c1-12-20-15(21-25-12)13-4-5-14(19-10-13)22-6-8-23(9-7-22)16(24)17(2,3)11-18/h4-5,10H,6-9,11H2,1-3H3. The molecule has 1 aliphatic rings. The lowest BCUT2D eigenvalue weighted by Gasteiger charge is -2.38. The van der Waals surface area contributed by atoms with Crippen molar-refractivity contribution < 1.29 is 9.32 Å². The number of aromatic nitrogens is 3. The molecule has 1 saturated heterocycles. The van der Waals surface area contributed by atoms with E-state index in [0.29, 0.717) is 30.7 Å². The van der Waals surface area contributed by atoms with Gasteiger partial charge in [-0.05, 0) is 26.0 Å². The Kier molecular flexibility index (Phi) is 4.94. The van der Waals surface area contributed by atoms with Crippen molar-refractivity contribution in [3.8, 4) is 11.4 Å². The molecule has 0 atom stereocenters. The Morgan fingerprint density at radius 3 is 2.52 bits per heavy atom. The molecule has 0 spiro atoms. The van der Waals surface area contributed by atoms with Gasteiger partial charge in [-0.15, -0.1) is 11.6 Å². The third kappa shape index (κ3) is 3.76. The molecule has 0 aliphatic carbocycles. The van der Waals surface area contributed by atoms with Gasteiger partial charge < -0.3 is 14.3 Å². The van der Waals surface area contributed by atoms with E-state index in [1.807, 2.05) is 30.9 Å². The first-order chi connectivity index (χ1) is 11.9. The van der Waals surface area contributed by atoms with Gasteiger partial charge in [-0.1, -0.05) is 5.16 Å². The number of piperazine rings is 1. The number of nitrogens with zero attached hydrogens (tertiary/aromatic N) is 5. The summed E-state index contributed by atoms with van der Waals surface area (Å²) in [5.41, 5.74) is 0.296. The SMILES string of the molecule is Cc1nc(-c2ccc(N3CCN(C(=O)C(C)(C)CCl)CC3)nc2)no1. The second-order valence-electron chi connectivity index (χ2n) is 6.84. The Bertz CT molecular complexity index is 736. The molecule has 1 aliphatic heterocycles. The Morgan fingerprint density at radius 1 is 1.28 bits per heavy atom. The van der Waals surface area contributed by atoms with Gasteiger partial charge >= 0.3 is 0 Å². The summed E-state index contributed by atoms with van der Waals surface area (Å²) in [6, 6.07) is 3.88. The molecule has 2 aromatic heterocycles. The van der Waals surface area contributed by atoms with Gasteiger partial charge in [-0.2, -0.15) is 4.98 Å². The van der Waals surface area contributed by atoms with Gasteiger partial charge in [-0.3, -0.25) is 4.79 Å². The van der Waals surface area contributed by atoms with E-state index in [2.05, 4.69) is 20.0 Å². The number of rotatable bonds is 4. The summed E-state index contributed by atoms with van der Waals surface area (Å²) in [5, 5.41) is 3.89. The van der Waals surface area contributed by atoms with Crippen LogP contribution in [0, 0.1) is 12.3 Å². The van der Waals surface area contributed by atoms with Crippen LogP contribution in [0.5, 0.6) is 0 Å². The summed E-state index contributed by atoms with van der Waals surface area (Å²) >= 11 is 5.91. The van der Waals surface area contributed by atoms with Gasteiger partial charge in [0.1, 0.15) is 5.82 Å². The van der Waals surface area contributed by atoms with Crippen molar-refractivity contribution in [3.63, 3.8) is 0 Å². The number of amides is 1. The number of carbonyl (C=O) groups excluding carboxylic acids is 1. The van der Waals surface area contributed by atoms with Crippen molar-refractivity contribution in [3.05, 3.63) is 24.2 Å². The summed E-state index contributed by atoms with van der Waals surface area (Å²) in [6.45, 7) is 8.36. The number of alkyl halides is 1. The molecule has 134 valence electrons. The summed E-state index contributed by atoms with van der Waals surface area (Å²) < 4.78 is 4.99. The van der Waals surface area contributed by atoms with Crippen LogP contribution in [0.25, 0.3) is 11.4 Å². The lowest BCUT2D eigenvalue weighted by molar-refractivity contribution is -0.139. The molecule has 1 fully saturated rings. The van der Waals surface area contributed by atoms with Gasteiger partial charge in [0.25, 0.3) is 0 Å². The molecule has 0 radical (unpaired) electrons. The quantitative estimate of drug-likeness (QED) is 0.776. The zero-order valence-corrected chi connectivity index (χ0v) is 15.5. The fourth-order valence-electron chi connectivity index (χ4n) is 2.75. The number of anilines is 1. The summed E-state index contributed by atoms with van der Waals surface area (Å²) in [7, 11) is 0. The van der Waals surface area contributed by atoms with Gasteiger partial charge in [0, 0.05) is 50.7 Å². The van der Waals surface area contributed by atoms with Crippen LogP contribution < -0.4 is 4.90 Å². The highest BCUT2D eigenvalue weighted by Crippen LogP contribution is 2.23. The van der Waals surface area contributed by atoms with Crippen LogP contribution in [-0.2, 0) is 4.79 Å². The van der Waals surface area contributed by atoms with Crippen molar-refractivity contribution in [2.45, 2.75) is 20.8 Å². The summed E-state index contributed by atoms with van der Waals surface area (Å²) in [6.07, 6.45) is 1.74. The van der Waals surface area contributed by atoms with E-state index >= 15 is 0 Å². The minimum atomic E-state index is -0.521. The van der Waals surface area contributed by atoms with Gasteiger partial charge in [0.05, 0.1) is 5.41 Å². The van der Waals surface area contributed by atoms with E-state index in [-0.39, 0.29) is 5.91 Å². The normalized spacial score (nSPS) is 15.5. The molecule has 0 bridgehead atoms. The smallest absolute Gasteiger partial charge is 0.229 e. The first-order valence-electron chi connectivity index (χ1n) is 8.28. The first kappa shape index (κ1) is 17.7. The molecule has 2 aromatic rings. The molecule has 0 N–H and O–H groups in total. The van der Waals surface area contributed by atoms with Crippen molar-refractivity contribution in [1.82, 2.24) is 20.0 Å². The Balaban J connectivity index is 1.62. The number of aryl methyl sites for hydroxylation is 1. The molecule has 25 heavy (non-hydrogen) atoms. The zero-order chi connectivity index (χ0) is 18.0. The molecular formula is C17H22ClN5O2. The van der Waals surface area contributed by atoms with Crippen molar-refractivity contribution in [2.75, 3.05) is 37.0 Å². The highest BCUT2D eigenvalue weighted by Gasteiger charge is 2.33. The molecule has 1 amide bonds. The van der Waals surface area contributed by atoms with Crippen LogP contribution in [0.3, 0.4) is 0 Å². The zero-order valence-electron chi connectivity index (χ0n) is 14.7. The largest absolute Gasteiger partial charge is 0.353 e. The Morgan fingerprint density at radius 2 is 2.00 bits per heavy atom. The molecule has 0 saturated carbocycles.